The minimum atomic E-state index is -0.153. The zero-order valence-electron chi connectivity index (χ0n) is 9.96. The van der Waals surface area contributed by atoms with Crippen LogP contribution >= 0.6 is 0 Å². The van der Waals surface area contributed by atoms with Gasteiger partial charge >= 0.3 is 5.97 Å². The third-order valence-electron chi connectivity index (χ3n) is 1.97. The molecule has 14 heavy (non-hydrogen) atoms. The molecule has 0 aliphatic rings. The summed E-state index contributed by atoms with van der Waals surface area (Å²) in [6.07, 6.45) is 0.833. The number of methoxy groups -OCH3 is 1. The molecule has 0 unspecified atom stereocenters. The zero-order chi connectivity index (χ0) is 11.1. The van der Waals surface area contributed by atoms with Gasteiger partial charge in [-0.1, -0.05) is 27.7 Å². The molecule has 1 N–H and O–H groups in total. The predicted octanol–water partition coefficient (Wildman–Crippen LogP) is 1.82. The zero-order valence-corrected chi connectivity index (χ0v) is 9.96. The minimum Gasteiger partial charge on any atom is -0.468 e. The van der Waals surface area contributed by atoms with E-state index < -0.39 is 0 Å². The molecule has 0 aromatic rings. The van der Waals surface area contributed by atoms with E-state index in [-0.39, 0.29) is 12.0 Å². The summed E-state index contributed by atoms with van der Waals surface area (Å²) >= 11 is 0. The molecule has 0 fully saturated rings. The van der Waals surface area contributed by atoms with Crippen molar-refractivity contribution >= 4 is 5.97 Å². The maximum Gasteiger partial charge on any atom is 0.322 e. The van der Waals surface area contributed by atoms with Crippen molar-refractivity contribution in [2.45, 2.75) is 40.2 Å². The van der Waals surface area contributed by atoms with Crippen molar-refractivity contribution in [1.82, 2.24) is 5.32 Å². The smallest absolute Gasteiger partial charge is 0.322 e. The highest BCUT2D eigenvalue weighted by Crippen LogP contribution is 2.06. The first-order chi connectivity index (χ1) is 6.47. The summed E-state index contributed by atoms with van der Waals surface area (Å²) in [7, 11) is 1.44. The lowest BCUT2D eigenvalue weighted by molar-refractivity contribution is -0.143. The average Bonchev–Trinajstić information content (AvgIpc) is 2.10. The van der Waals surface area contributed by atoms with Crippen LogP contribution < -0.4 is 5.32 Å². The Labute approximate surface area is 87.2 Å². The molecule has 0 saturated carbocycles. The molecule has 0 aromatic carbocycles. The lowest BCUT2D eigenvalue weighted by atomic mass is 10.0. The second-order valence-corrected chi connectivity index (χ2v) is 4.51. The normalized spacial score (nSPS) is 13.4. The van der Waals surface area contributed by atoms with E-state index in [0.29, 0.717) is 11.8 Å². The summed E-state index contributed by atoms with van der Waals surface area (Å²) in [6, 6.07) is -0.151. The Morgan fingerprint density at radius 1 is 1.21 bits per heavy atom. The standard InChI is InChI=1S/C11H23NO2/c1-8(2)6-10(11(13)14-5)12-7-9(3)4/h8-10,12H,6-7H2,1-5H3/t10-/m0/s1. The monoisotopic (exact) mass is 201 g/mol. The number of rotatable bonds is 6. The number of nitrogens with one attached hydrogen (secondary N) is 1. The summed E-state index contributed by atoms with van der Waals surface area (Å²) in [5, 5.41) is 3.23. The van der Waals surface area contributed by atoms with Crippen LogP contribution in [0.2, 0.25) is 0 Å². The fraction of sp³-hybridized carbons (Fsp3) is 0.909. The number of hydrogen-bond donors (Lipinski definition) is 1. The lowest BCUT2D eigenvalue weighted by Crippen LogP contribution is -2.40. The molecule has 0 heterocycles. The lowest BCUT2D eigenvalue weighted by Gasteiger charge is -2.19. The largest absolute Gasteiger partial charge is 0.468 e. The highest BCUT2D eigenvalue weighted by molar-refractivity contribution is 5.75. The van der Waals surface area contributed by atoms with Crippen LogP contribution in [0.15, 0.2) is 0 Å². The van der Waals surface area contributed by atoms with Crippen LogP contribution in [-0.2, 0) is 9.53 Å². The van der Waals surface area contributed by atoms with Gasteiger partial charge < -0.3 is 10.1 Å². The maximum absolute atomic E-state index is 11.4. The highest BCUT2D eigenvalue weighted by atomic mass is 16.5. The first-order valence-corrected chi connectivity index (χ1v) is 5.28. The molecule has 84 valence electrons. The molecule has 0 amide bonds. The fourth-order valence-electron chi connectivity index (χ4n) is 1.25. The van der Waals surface area contributed by atoms with E-state index >= 15 is 0 Å². The Bertz CT molecular complexity index is 167. The Hall–Kier alpha value is -0.570. The van der Waals surface area contributed by atoms with E-state index in [2.05, 4.69) is 33.0 Å². The van der Waals surface area contributed by atoms with Crippen molar-refractivity contribution in [2.75, 3.05) is 13.7 Å². The Balaban J connectivity index is 4.04. The Morgan fingerprint density at radius 3 is 2.14 bits per heavy atom. The Morgan fingerprint density at radius 2 is 1.79 bits per heavy atom. The van der Waals surface area contributed by atoms with Gasteiger partial charge in [0, 0.05) is 0 Å². The van der Waals surface area contributed by atoms with Crippen molar-refractivity contribution < 1.29 is 9.53 Å². The van der Waals surface area contributed by atoms with Gasteiger partial charge in [0.2, 0.25) is 0 Å². The van der Waals surface area contributed by atoms with Gasteiger partial charge in [0.1, 0.15) is 6.04 Å². The molecule has 0 aromatic heterocycles. The van der Waals surface area contributed by atoms with E-state index in [9.17, 15) is 4.79 Å². The fourth-order valence-corrected chi connectivity index (χ4v) is 1.25. The van der Waals surface area contributed by atoms with Crippen molar-refractivity contribution in [3.8, 4) is 0 Å². The number of hydrogen-bond acceptors (Lipinski definition) is 3. The highest BCUT2D eigenvalue weighted by Gasteiger charge is 2.19. The average molecular weight is 201 g/mol. The van der Waals surface area contributed by atoms with Crippen LogP contribution in [0, 0.1) is 11.8 Å². The van der Waals surface area contributed by atoms with Gasteiger partial charge in [-0.3, -0.25) is 4.79 Å². The van der Waals surface area contributed by atoms with E-state index in [4.69, 9.17) is 4.74 Å². The molecule has 0 spiro atoms. The third-order valence-corrected chi connectivity index (χ3v) is 1.97. The first kappa shape index (κ1) is 13.4. The van der Waals surface area contributed by atoms with Crippen LogP contribution in [0.4, 0.5) is 0 Å². The summed E-state index contributed by atoms with van der Waals surface area (Å²) in [5.41, 5.74) is 0. The summed E-state index contributed by atoms with van der Waals surface area (Å²) in [5.74, 6) is 0.896. The Kier molecular flexibility index (Phi) is 6.54. The number of ether oxygens (including phenoxy) is 1. The van der Waals surface area contributed by atoms with Crippen LogP contribution in [0.3, 0.4) is 0 Å². The maximum atomic E-state index is 11.4. The van der Waals surface area contributed by atoms with Gasteiger partial charge in [0.25, 0.3) is 0 Å². The third kappa shape index (κ3) is 5.97. The van der Waals surface area contributed by atoms with Crippen molar-refractivity contribution in [3.63, 3.8) is 0 Å². The second kappa shape index (κ2) is 6.82. The van der Waals surface area contributed by atoms with E-state index in [1.54, 1.807) is 0 Å². The minimum absolute atomic E-state index is 0.151. The van der Waals surface area contributed by atoms with Crippen molar-refractivity contribution in [1.29, 1.82) is 0 Å². The van der Waals surface area contributed by atoms with Crippen LogP contribution in [-0.4, -0.2) is 25.7 Å². The molecule has 3 nitrogen and oxygen atoms in total. The summed E-state index contributed by atoms with van der Waals surface area (Å²) < 4.78 is 4.74. The van der Waals surface area contributed by atoms with Crippen LogP contribution in [0.5, 0.6) is 0 Å². The molecule has 0 saturated heterocycles. The quantitative estimate of drug-likeness (QED) is 0.666. The number of carbonyl (C=O) groups excluding carboxylic acids is 1. The second-order valence-electron chi connectivity index (χ2n) is 4.51. The first-order valence-electron chi connectivity index (χ1n) is 5.28. The van der Waals surface area contributed by atoms with Crippen molar-refractivity contribution in [3.05, 3.63) is 0 Å². The van der Waals surface area contributed by atoms with Gasteiger partial charge in [-0.2, -0.15) is 0 Å². The van der Waals surface area contributed by atoms with Crippen LogP contribution in [0.1, 0.15) is 34.1 Å². The molecule has 0 aliphatic carbocycles. The summed E-state index contributed by atoms with van der Waals surface area (Å²) in [6.45, 7) is 9.31. The molecule has 0 bridgehead atoms. The molecule has 0 radical (unpaired) electrons. The topological polar surface area (TPSA) is 38.3 Å². The molecule has 3 heteroatoms. The molecule has 0 rings (SSSR count). The molecular weight excluding hydrogens is 178 g/mol. The van der Waals surface area contributed by atoms with Gasteiger partial charge in [-0.15, -0.1) is 0 Å². The van der Waals surface area contributed by atoms with Gasteiger partial charge in [-0.05, 0) is 24.8 Å². The van der Waals surface area contributed by atoms with Crippen LogP contribution in [0.25, 0.3) is 0 Å². The van der Waals surface area contributed by atoms with Crippen molar-refractivity contribution in [2.24, 2.45) is 11.8 Å². The van der Waals surface area contributed by atoms with Gasteiger partial charge in [0.05, 0.1) is 7.11 Å². The van der Waals surface area contributed by atoms with E-state index in [1.165, 1.54) is 7.11 Å². The molecule has 1 atom stereocenters. The summed E-state index contributed by atoms with van der Waals surface area (Å²) in [4.78, 5) is 11.4. The van der Waals surface area contributed by atoms with E-state index in [1.807, 2.05) is 0 Å². The van der Waals surface area contributed by atoms with Gasteiger partial charge in [-0.25, -0.2) is 0 Å². The molecular formula is C11H23NO2. The number of carbonyl (C=O) groups is 1. The number of esters is 1. The SMILES string of the molecule is COC(=O)[C@H](CC(C)C)NCC(C)C. The molecule has 0 aliphatic heterocycles. The van der Waals surface area contributed by atoms with Gasteiger partial charge in [0.15, 0.2) is 0 Å². The predicted molar refractivity (Wildman–Crippen MR) is 58.1 cm³/mol. The van der Waals surface area contributed by atoms with E-state index in [0.717, 1.165) is 13.0 Å².